The molecular weight excluding hydrogens is 331 g/mol. The summed E-state index contributed by atoms with van der Waals surface area (Å²) in [6, 6.07) is 5.52. The highest BCUT2D eigenvalue weighted by molar-refractivity contribution is 5.74. The van der Waals surface area contributed by atoms with E-state index in [0.717, 1.165) is 25.3 Å². The Morgan fingerprint density at radius 3 is 2.48 bits per heavy atom. The molecule has 0 aromatic heterocycles. The summed E-state index contributed by atoms with van der Waals surface area (Å²) in [7, 11) is 0. The van der Waals surface area contributed by atoms with Gasteiger partial charge in [0.25, 0.3) is 0 Å². The Kier molecular flexibility index (Phi) is 6.14. The van der Waals surface area contributed by atoms with Crippen molar-refractivity contribution in [3.63, 3.8) is 0 Å². The molecule has 0 aliphatic heterocycles. The number of benzene rings is 1. The number of rotatable bonds is 7. The summed E-state index contributed by atoms with van der Waals surface area (Å²) in [5.41, 5.74) is -0.766. The number of carboxylic acids is 1. The number of alkyl halides is 3. The smallest absolute Gasteiger partial charge is 0.416 e. The van der Waals surface area contributed by atoms with Crippen LogP contribution in [-0.2, 0) is 11.0 Å². The Hall–Kier alpha value is -1.56. The highest BCUT2D eigenvalue weighted by Gasteiger charge is 2.38. The van der Waals surface area contributed by atoms with Crippen LogP contribution in [0.5, 0.6) is 0 Å². The number of carbonyl (C=O) groups is 1. The molecule has 3 nitrogen and oxygen atoms in total. The second-order valence-electron chi connectivity index (χ2n) is 6.94. The highest BCUT2D eigenvalue weighted by Crippen LogP contribution is 2.38. The van der Waals surface area contributed by atoms with Crippen LogP contribution in [0, 0.1) is 5.41 Å². The van der Waals surface area contributed by atoms with Gasteiger partial charge in [0.2, 0.25) is 0 Å². The monoisotopic (exact) mass is 357 g/mol. The third-order valence-corrected chi connectivity index (χ3v) is 5.67. The van der Waals surface area contributed by atoms with E-state index in [4.69, 9.17) is 0 Å². The summed E-state index contributed by atoms with van der Waals surface area (Å²) in [6.07, 6.45) is -0.710. The minimum atomic E-state index is -4.35. The van der Waals surface area contributed by atoms with E-state index in [1.165, 1.54) is 12.1 Å². The van der Waals surface area contributed by atoms with Crippen molar-refractivity contribution in [2.24, 2.45) is 5.41 Å². The molecule has 1 aliphatic carbocycles. The van der Waals surface area contributed by atoms with E-state index in [0.29, 0.717) is 24.9 Å². The number of aliphatic carboxylic acids is 1. The molecule has 25 heavy (non-hydrogen) atoms. The lowest BCUT2D eigenvalue weighted by atomic mass is 9.81. The van der Waals surface area contributed by atoms with Gasteiger partial charge in [0.1, 0.15) is 0 Å². The molecule has 1 aromatic carbocycles. The maximum absolute atomic E-state index is 13.0. The lowest BCUT2D eigenvalue weighted by Crippen LogP contribution is -2.44. The Morgan fingerprint density at radius 1 is 1.24 bits per heavy atom. The summed E-state index contributed by atoms with van der Waals surface area (Å²) < 4.78 is 38.9. The average Bonchev–Trinajstić information content (AvgIpc) is 3.04. The normalized spacial score (nSPS) is 21.5. The third-order valence-electron chi connectivity index (χ3n) is 5.67. The topological polar surface area (TPSA) is 49.3 Å². The average molecular weight is 357 g/mol. The van der Waals surface area contributed by atoms with Crippen LogP contribution in [0.25, 0.3) is 0 Å². The van der Waals surface area contributed by atoms with E-state index in [1.54, 1.807) is 6.07 Å². The van der Waals surface area contributed by atoms with E-state index in [2.05, 4.69) is 5.32 Å². The van der Waals surface area contributed by atoms with E-state index in [9.17, 15) is 23.1 Å². The second kappa shape index (κ2) is 7.77. The molecule has 0 radical (unpaired) electrons. The fourth-order valence-electron chi connectivity index (χ4n) is 3.75. The zero-order valence-corrected chi connectivity index (χ0v) is 14.7. The third kappa shape index (κ3) is 4.35. The Bertz CT molecular complexity index is 597. The molecule has 2 N–H and O–H groups in total. The van der Waals surface area contributed by atoms with Gasteiger partial charge in [-0.15, -0.1) is 0 Å². The Morgan fingerprint density at radius 2 is 1.92 bits per heavy atom. The largest absolute Gasteiger partial charge is 0.481 e. The predicted molar refractivity (Wildman–Crippen MR) is 90.5 cm³/mol. The summed E-state index contributed by atoms with van der Waals surface area (Å²) >= 11 is 0. The first kappa shape index (κ1) is 19.8. The molecule has 2 rings (SSSR count). The molecule has 6 heteroatoms. The maximum Gasteiger partial charge on any atom is 0.416 e. The van der Waals surface area contributed by atoms with E-state index in [-0.39, 0.29) is 12.0 Å². The van der Waals surface area contributed by atoms with Crippen molar-refractivity contribution in [3.05, 3.63) is 35.4 Å². The Labute approximate surface area is 146 Å². The minimum absolute atomic E-state index is 0.0116. The molecule has 0 amide bonds. The van der Waals surface area contributed by atoms with Crippen LogP contribution in [0.3, 0.4) is 0 Å². The minimum Gasteiger partial charge on any atom is -0.481 e. The van der Waals surface area contributed by atoms with Crippen molar-refractivity contribution in [2.75, 3.05) is 6.54 Å². The van der Waals surface area contributed by atoms with Gasteiger partial charge in [0, 0.05) is 12.6 Å². The molecule has 2 atom stereocenters. The number of carboxylic acid groups (broad SMARTS) is 1. The van der Waals surface area contributed by atoms with Crippen LogP contribution in [0.15, 0.2) is 24.3 Å². The van der Waals surface area contributed by atoms with E-state index < -0.39 is 23.1 Å². The van der Waals surface area contributed by atoms with E-state index in [1.807, 2.05) is 13.8 Å². The fourth-order valence-corrected chi connectivity index (χ4v) is 3.75. The van der Waals surface area contributed by atoms with Gasteiger partial charge in [-0.2, -0.15) is 13.2 Å². The zero-order valence-electron chi connectivity index (χ0n) is 14.7. The number of hydrogen-bond donors (Lipinski definition) is 2. The highest BCUT2D eigenvalue weighted by atomic mass is 19.4. The van der Waals surface area contributed by atoms with Crippen LogP contribution in [0.4, 0.5) is 13.2 Å². The van der Waals surface area contributed by atoms with Crippen LogP contribution in [0.1, 0.15) is 63.0 Å². The van der Waals surface area contributed by atoms with Crippen molar-refractivity contribution >= 4 is 5.97 Å². The van der Waals surface area contributed by atoms with Crippen molar-refractivity contribution in [3.8, 4) is 0 Å². The maximum atomic E-state index is 13.0. The van der Waals surface area contributed by atoms with Gasteiger partial charge in [-0.3, -0.25) is 4.79 Å². The SMILES string of the molecule is CCC(CC)(CNC1CCCC1c1cccc(C(F)(F)F)c1)C(=O)O. The lowest BCUT2D eigenvalue weighted by Gasteiger charge is -2.31. The molecular formula is C19H26F3NO2. The van der Waals surface area contributed by atoms with Gasteiger partial charge in [0.15, 0.2) is 0 Å². The molecule has 0 saturated heterocycles. The second-order valence-corrected chi connectivity index (χ2v) is 6.94. The van der Waals surface area contributed by atoms with Gasteiger partial charge >= 0.3 is 12.1 Å². The molecule has 1 saturated carbocycles. The van der Waals surface area contributed by atoms with Gasteiger partial charge in [-0.25, -0.2) is 0 Å². The van der Waals surface area contributed by atoms with Crippen LogP contribution in [-0.4, -0.2) is 23.7 Å². The Balaban J connectivity index is 2.14. The van der Waals surface area contributed by atoms with Gasteiger partial charge < -0.3 is 10.4 Å². The molecule has 1 fully saturated rings. The molecule has 140 valence electrons. The zero-order chi connectivity index (χ0) is 18.7. The summed E-state index contributed by atoms with van der Waals surface area (Å²) in [4.78, 5) is 11.6. The van der Waals surface area contributed by atoms with Crippen LogP contribution >= 0.6 is 0 Å². The molecule has 0 bridgehead atoms. The fraction of sp³-hybridized carbons (Fsp3) is 0.632. The first-order chi connectivity index (χ1) is 11.7. The van der Waals surface area contributed by atoms with E-state index >= 15 is 0 Å². The van der Waals surface area contributed by atoms with Gasteiger partial charge in [-0.05, 0) is 43.2 Å². The first-order valence-corrected chi connectivity index (χ1v) is 8.87. The molecule has 2 unspecified atom stereocenters. The van der Waals surface area contributed by atoms with Crippen molar-refractivity contribution in [1.29, 1.82) is 0 Å². The summed E-state index contributed by atoms with van der Waals surface area (Å²) in [5.74, 6) is -0.832. The van der Waals surface area contributed by atoms with Crippen molar-refractivity contribution in [2.45, 2.75) is 64.1 Å². The number of nitrogens with one attached hydrogen (secondary N) is 1. The lowest BCUT2D eigenvalue weighted by molar-refractivity contribution is -0.149. The van der Waals surface area contributed by atoms with Crippen LogP contribution in [0.2, 0.25) is 0 Å². The van der Waals surface area contributed by atoms with Gasteiger partial charge in [0.05, 0.1) is 11.0 Å². The standard InChI is InChI=1S/C19H26F3NO2/c1-3-18(4-2,17(24)25)12-23-16-10-6-9-15(16)13-7-5-8-14(11-13)19(20,21)22/h5,7-8,11,15-16,23H,3-4,6,9-10,12H2,1-2H3,(H,24,25). The molecule has 1 aliphatic rings. The number of halogens is 3. The van der Waals surface area contributed by atoms with Crippen molar-refractivity contribution in [1.82, 2.24) is 5.32 Å². The van der Waals surface area contributed by atoms with Crippen LogP contribution < -0.4 is 5.32 Å². The molecule has 0 spiro atoms. The summed E-state index contributed by atoms with van der Waals surface area (Å²) in [6.45, 7) is 4.06. The van der Waals surface area contributed by atoms with Gasteiger partial charge in [-0.1, -0.05) is 38.5 Å². The molecule has 0 heterocycles. The summed E-state index contributed by atoms with van der Waals surface area (Å²) in [5, 5.41) is 12.9. The predicted octanol–water partition coefficient (Wildman–Crippen LogP) is 4.82. The van der Waals surface area contributed by atoms with Crippen molar-refractivity contribution < 1.29 is 23.1 Å². The quantitative estimate of drug-likeness (QED) is 0.735. The number of hydrogen-bond acceptors (Lipinski definition) is 2. The first-order valence-electron chi connectivity index (χ1n) is 8.87. The molecule has 1 aromatic rings.